The zero-order valence-corrected chi connectivity index (χ0v) is 10.7. The van der Waals surface area contributed by atoms with Gasteiger partial charge < -0.3 is 10.3 Å². The van der Waals surface area contributed by atoms with Gasteiger partial charge in [-0.25, -0.2) is 0 Å². The average Bonchev–Trinajstić information content (AvgIpc) is 2.97. The summed E-state index contributed by atoms with van der Waals surface area (Å²) in [6, 6.07) is 9.03. The molecule has 3 aromatic rings. The van der Waals surface area contributed by atoms with Crippen molar-refractivity contribution < 1.29 is 0 Å². The number of nitrogen functional groups attached to an aromatic ring is 1. The number of H-pyrrole nitrogens is 1. The van der Waals surface area contributed by atoms with E-state index in [1.165, 1.54) is 0 Å². The van der Waals surface area contributed by atoms with Gasteiger partial charge in [-0.3, -0.25) is 14.9 Å². The summed E-state index contributed by atoms with van der Waals surface area (Å²) in [6.07, 6.45) is 4.96. The highest BCUT2D eigenvalue weighted by molar-refractivity contribution is 5.72. The molecule has 0 unspecified atom stereocenters. The molecular formula is C14H13N5O. The van der Waals surface area contributed by atoms with Gasteiger partial charge in [-0.05, 0) is 24.3 Å². The number of pyridine rings is 2. The predicted molar refractivity (Wildman–Crippen MR) is 76.0 cm³/mol. The van der Waals surface area contributed by atoms with Crippen LogP contribution in [0.15, 0.2) is 53.7 Å². The number of hydrogen-bond acceptors (Lipinski definition) is 4. The minimum Gasteiger partial charge on any atom is -0.398 e. The normalized spacial score (nSPS) is 10.6. The number of nitrogens with one attached hydrogen (secondary N) is 1. The van der Waals surface area contributed by atoms with Crippen LogP contribution in [0.4, 0.5) is 5.69 Å². The Morgan fingerprint density at radius 2 is 2.10 bits per heavy atom. The Hall–Kier alpha value is -2.89. The molecule has 3 rings (SSSR count). The van der Waals surface area contributed by atoms with Crippen molar-refractivity contribution >= 4 is 5.69 Å². The third-order valence-corrected chi connectivity index (χ3v) is 3.03. The van der Waals surface area contributed by atoms with Crippen molar-refractivity contribution in [2.45, 2.75) is 6.54 Å². The van der Waals surface area contributed by atoms with Gasteiger partial charge in [-0.15, -0.1) is 0 Å². The molecule has 0 saturated carbocycles. The van der Waals surface area contributed by atoms with E-state index >= 15 is 0 Å². The Bertz CT molecular complexity index is 762. The number of anilines is 1. The molecule has 0 fully saturated rings. The second-order valence-corrected chi connectivity index (χ2v) is 4.37. The minimum absolute atomic E-state index is 0.167. The third-order valence-electron chi connectivity index (χ3n) is 3.03. The molecule has 0 aliphatic carbocycles. The van der Waals surface area contributed by atoms with Gasteiger partial charge >= 0.3 is 0 Å². The Labute approximate surface area is 114 Å². The Morgan fingerprint density at radius 1 is 1.20 bits per heavy atom. The summed E-state index contributed by atoms with van der Waals surface area (Å²) in [4.78, 5) is 16.7. The van der Waals surface area contributed by atoms with E-state index in [0.717, 1.165) is 5.69 Å². The molecule has 6 heteroatoms. The van der Waals surface area contributed by atoms with Crippen LogP contribution in [-0.4, -0.2) is 19.7 Å². The van der Waals surface area contributed by atoms with Crippen LogP contribution in [0, 0.1) is 0 Å². The van der Waals surface area contributed by atoms with Crippen LogP contribution in [0.5, 0.6) is 0 Å². The molecule has 3 heterocycles. The molecule has 0 atom stereocenters. The van der Waals surface area contributed by atoms with Crippen LogP contribution >= 0.6 is 0 Å². The smallest absolute Gasteiger partial charge is 0.262 e. The van der Waals surface area contributed by atoms with E-state index in [9.17, 15) is 4.79 Å². The molecule has 0 saturated heterocycles. The Kier molecular flexibility index (Phi) is 3.04. The van der Waals surface area contributed by atoms with E-state index < -0.39 is 0 Å². The lowest BCUT2D eigenvalue weighted by molar-refractivity contribution is 0.741. The molecule has 0 aliphatic heterocycles. The van der Waals surface area contributed by atoms with Crippen LogP contribution in [0.2, 0.25) is 0 Å². The first-order valence-corrected chi connectivity index (χ1v) is 6.14. The lowest BCUT2D eigenvalue weighted by Gasteiger charge is -2.09. The minimum atomic E-state index is -0.167. The van der Waals surface area contributed by atoms with Crippen molar-refractivity contribution in [3.05, 3.63) is 65.0 Å². The standard InChI is InChI=1S/C14H13N5O/c15-11-5-8-19(9-10-3-1-2-6-16-10)14(20)13(11)12-4-7-17-18-12/h1-8H,9,15H2,(H,17,18). The topological polar surface area (TPSA) is 89.6 Å². The molecule has 0 bridgehead atoms. The predicted octanol–water partition coefficient (Wildman–Crippen LogP) is 1.26. The summed E-state index contributed by atoms with van der Waals surface area (Å²) < 4.78 is 1.58. The van der Waals surface area contributed by atoms with E-state index in [-0.39, 0.29) is 5.56 Å². The molecule has 0 spiro atoms. The van der Waals surface area contributed by atoms with Gasteiger partial charge in [0.2, 0.25) is 0 Å². The van der Waals surface area contributed by atoms with Crippen molar-refractivity contribution in [3.63, 3.8) is 0 Å². The van der Waals surface area contributed by atoms with Crippen LogP contribution in [-0.2, 0) is 6.54 Å². The van der Waals surface area contributed by atoms with Gasteiger partial charge in [-0.1, -0.05) is 6.07 Å². The number of aromatic amines is 1. The average molecular weight is 267 g/mol. The molecule has 20 heavy (non-hydrogen) atoms. The summed E-state index contributed by atoms with van der Waals surface area (Å²) in [7, 11) is 0. The van der Waals surface area contributed by atoms with E-state index in [4.69, 9.17) is 5.73 Å². The number of aromatic nitrogens is 4. The molecule has 3 aromatic heterocycles. The maximum absolute atomic E-state index is 12.5. The highest BCUT2D eigenvalue weighted by Gasteiger charge is 2.12. The van der Waals surface area contributed by atoms with Crippen LogP contribution in [0.3, 0.4) is 0 Å². The van der Waals surface area contributed by atoms with E-state index in [1.807, 2.05) is 18.2 Å². The highest BCUT2D eigenvalue weighted by atomic mass is 16.1. The number of hydrogen-bond donors (Lipinski definition) is 2. The largest absolute Gasteiger partial charge is 0.398 e. The summed E-state index contributed by atoms with van der Waals surface area (Å²) in [5.41, 5.74) is 8.02. The summed E-state index contributed by atoms with van der Waals surface area (Å²) in [6.45, 7) is 0.404. The molecule has 0 aromatic carbocycles. The third kappa shape index (κ3) is 2.18. The van der Waals surface area contributed by atoms with Crippen molar-refractivity contribution in [1.29, 1.82) is 0 Å². The number of nitrogens with zero attached hydrogens (tertiary/aromatic N) is 3. The fraction of sp³-hybridized carbons (Fsp3) is 0.0714. The summed E-state index contributed by atoms with van der Waals surface area (Å²) in [5.74, 6) is 0. The summed E-state index contributed by atoms with van der Waals surface area (Å²) in [5, 5.41) is 6.62. The highest BCUT2D eigenvalue weighted by Crippen LogP contribution is 2.18. The summed E-state index contributed by atoms with van der Waals surface area (Å²) >= 11 is 0. The zero-order chi connectivity index (χ0) is 13.9. The first kappa shape index (κ1) is 12.2. The Balaban J connectivity index is 2.06. The molecule has 100 valence electrons. The number of nitrogens with two attached hydrogens (primary N) is 1. The van der Waals surface area contributed by atoms with Crippen LogP contribution in [0.1, 0.15) is 5.69 Å². The van der Waals surface area contributed by atoms with Gasteiger partial charge in [0.1, 0.15) is 0 Å². The first-order valence-electron chi connectivity index (χ1n) is 6.14. The maximum Gasteiger partial charge on any atom is 0.262 e. The molecule has 0 amide bonds. The fourth-order valence-electron chi connectivity index (χ4n) is 2.04. The van der Waals surface area contributed by atoms with Crippen molar-refractivity contribution in [1.82, 2.24) is 19.7 Å². The SMILES string of the molecule is Nc1ccn(Cc2ccccn2)c(=O)c1-c1ccn[nH]1. The monoisotopic (exact) mass is 267 g/mol. The second kappa shape index (κ2) is 5.00. The second-order valence-electron chi connectivity index (χ2n) is 4.37. The van der Waals surface area contributed by atoms with Gasteiger partial charge in [0.15, 0.2) is 0 Å². The van der Waals surface area contributed by atoms with Crippen molar-refractivity contribution in [3.8, 4) is 11.3 Å². The lowest BCUT2D eigenvalue weighted by atomic mass is 10.1. The zero-order valence-electron chi connectivity index (χ0n) is 10.7. The molecule has 3 N–H and O–H groups in total. The van der Waals surface area contributed by atoms with E-state index in [2.05, 4.69) is 15.2 Å². The molecule has 6 nitrogen and oxygen atoms in total. The fourth-order valence-corrected chi connectivity index (χ4v) is 2.04. The number of rotatable bonds is 3. The van der Waals surface area contributed by atoms with Crippen LogP contribution < -0.4 is 11.3 Å². The van der Waals surface area contributed by atoms with Gasteiger partial charge in [0.25, 0.3) is 5.56 Å². The van der Waals surface area contributed by atoms with Crippen molar-refractivity contribution in [2.75, 3.05) is 5.73 Å². The van der Waals surface area contributed by atoms with Crippen LogP contribution in [0.25, 0.3) is 11.3 Å². The van der Waals surface area contributed by atoms with E-state index in [1.54, 1.807) is 35.3 Å². The molecule has 0 radical (unpaired) electrons. The lowest BCUT2D eigenvalue weighted by Crippen LogP contribution is -2.23. The quantitative estimate of drug-likeness (QED) is 0.747. The molecule has 0 aliphatic rings. The van der Waals surface area contributed by atoms with Gasteiger partial charge in [0, 0.05) is 24.3 Å². The van der Waals surface area contributed by atoms with Gasteiger partial charge in [0.05, 0.1) is 23.5 Å². The maximum atomic E-state index is 12.5. The van der Waals surface area contributed by atoms with E-state index in [0.29, 0.717) is 23.5 Å². The molecular weight excluding hydrogens is 254 g/mol. The first-order chi connectivity index (χ1) is 9.75. The van der Waals surface area contributed by atoms with Crippen molar-refractivity contribution in [2.24, 2.45) is 0 Å². The van der Waals surface area contributed by atoms with Gasteiger partial charge in [-0.2, -0.15) is 5.10 Å². The Morgan fingerprint density at radius 3 is 2.80 bits per heavy atom.